The molecule has 0 aromatic heterocycles. The standard InChI is InChI=1S/C13H18ClNO2/c1-8(2)12(7-16)15-13(17)10-5-4-9(3)6-11(10)14/h4-6,8,12,16H,7H2,1-3H3,(H,15,17)/t12-/m1/s1. The van der Waals surface area contributed by atoms with E-state index in [9.17, 15) is 4.79 Å². The first kappa shape index (κ1) is 14.0. The number of aliphatic hydroxyl groups excluding tert-OH is 1. The van der Waals surface area contributed by atoms with E-state index in [0.717, 1.165) is 5.56 Å². The lowest BCUT2D eigenvalue weighted by Crippen LogP contribution is -2.41. The Morgan fingerprint density at radius 2 is 2.12 bits per heavy atom. The Morgan fingerprint density at radius 3 is 2.59 bits per heavy atom. The first-order valence-corrected chi connectivity index (χ1v) is 6.01. The highest BCUT2D eigenvalue weighted by atomic mass is 35.5. The summed E-state index contributed by atoms with van der Waals surface area (Å²) in [5.74, 6) is -0.0732. The number of amides is 1. The molecule has 0 radical (unpaired) electrons. The van der Waals surface area contributed by atoms with Gasteiger partial charge in [-0.2, -0.15) is 0 Å². The molecule has 17 heavy (non-hydrogen) atoms. The van der Waals surface area contributed by atoms with Crippen molar-refractivity contribution in [3.05, 3.63) is 34.3 Å². The van der Waals surface area contributed by atoms with Gasteiger partial charge in [0, 0.05) is 0 Å². The Bertz CT molecular complexity index is 404. The monoisotopic (exact) mass is 255 g/mol. The predicted molar refractivity (Wildman–Crippen MR) is 69.4 cm³/mol. The molecule has 0 bridgehead atoms. The summed E-state index contributed by atoms with van der Waals surface area (Å²) in [5.41, 5.74) is 1.45. The highest BCUT2D eigenvalue weighted by Gasteiger charge is 2.17. The van der Waals surface area contributed by atoms with Crippen LogP contribution in [0.15, 0.2) is 18.2 Å². The van der Waals surface area contributed by atoms with Gasteiger partial charge in [-0.1, -0.05) is 31.5 Å². The number of aryl methyl sites for hydroxylation is 1. The molecule has 0 heterocycles. The quantitative estimate of drug-likeness (QED) is 0.868. The number of carbonyl (C=O) groups is 1. The third-order valence-electron chi connectivity index (χ3n) is 2.69. The van der Waals surface area contributed by atoms with Crippen LogP contribution in [0.5, 0.6) is 0 Å². The molecule has 0 fully saturated rings. The number of rotatable bonds is 4. The van der Waals surface area contributed by atoms with Crippen LogP contribution in [0.2, 0.25) is 5.02 Å². The predicted octanol–water partition coefficient (Wildman–Crippen LogP) is 2.40. The van der Waals surface area contributed by atoms with Gasteiger partial charge in [0.1, 0.15) is 0 Å². The minimum atomic E-state index is -0.250. The molecule has 0 saturated carbocycles. The lowest BCUT2D eigenvalue weighted by Gasteiger charge is -2.20. The summed E-state index contributed by atoms with van der Waals surface area (Å²) in [4.78, 5) is 11.9. The minimum Gasteiger partial charge on any atom is -0.394 e. The number of halogens is 1. The van der Waals surface area contributed by atoms with Gasteiger partial charge in [0.2, 0.25) is 0 Å². The Morgan fingerprint density at radius 1 is 1.47 bits per heavy atom. The van der Waals surface area contributed by atoms with E-state index in [1.807, 2.05) is 26.8 Å². The van der Waals surface area contributed by atoms with E-state index in [4.69, 9.17) is 16.7 Å². The molecule has 0 aliphatic heterocycles. The average Bonchev–Trinajstić information content (AvgIpc) is 2.24. The van der Waals surface area contributed by atoms with Crippen LogP contribution < -0.4 is 5.32 Å². The maximum absolute atomic E-state index is 11.9. The normalized spacial score (nSPS) is 12.6. The maximum Gasteiger partial charge on any atom is 0.253 e. The van der Waals surface area contributed by atoms with Gasteiger partial charge < -0.3 is 10.4 Å². The number of benzene rings is 1. The number of carbonyl (C=O) groups excluding carboxylic acids is 1. The number of hydrogen-bond acceptors (Lipinski definition) is 2. The summed E-state index contributed by atoms with van der Waals surface area (Å²) in [6.07, 6.45) is 0. The van der Waals surface area contributed by atoms with Gasteiger partial charge in [-0.3, -0.25) is 4.79 Å². The number of nitrogens with one attached hydrogen (secondary N) is 1. The fourth-order valence-corrected chi connectivity index (χ4v) is 1.79. The van der Waals surface area contributed by atoms with Crippen LogP contribution in [0.4, 0.5) is 0 Å². The van der Waals surface area contributed by atoms with Gasteiger partial charge in [-0.15, -0.1) is 0 Å². The van der Waals surface area contributed by atoms with Gasteiger partial charge in [0.25, 0.3) is 5.91 Å². The molecule has 2 N–H and O–H groups in total. The van der Waals surface area contributed by atoms with E-state index < -0.39 is 0 Å². The van der Waals surface area contributed by atoms with Crippen LogP contribution in [0.25, 0.3) is 0 Å². The summed E-state index contributed by atoms with van der Waals surface area (Å²) >= 11 is 6.01. The van der Waals surface area contributed by atoms with E-state index in [1.165, 1.54) is 0 Å². The zero-order valence-corrected chi connectivity index (χ0v) is 11.1. The molecule has 0 saturated heterocycles. The van der Waals surface area contributed by atoms with E-state index in [0.29, 0.717) is 10.6 Å². The Hall–Kier alpha value is -1.06. The Kier molecular flexibility index (Phi) is 4.97. The van der Waals surface area contributed by atoms with Crippen LogP contribution in [0.1, 0.15) is 29.8 Å². The number of aliphatic hydroxyl groups is 1. The van der Waals surface area contributed by atoms with Crippen molar-refractivity contribution in [1.29, 1.82) is 0 Å². The fraction of sp³-hybridized carbons (Fsp3) is 0.462. The Labute approximate surface area is 107 Å². The summed E-state index contributed by atoms with van der Waals surface area (Å²) in [6.45, 7) is 5.72. The lowest BCUT2D eigenvalue weighted by molar-refractivity contribution is 0.0897. The lowest BCUT2D eigenvalue weighted by atomic mass is 10.0. The van der Waals surface area contributed by atoms with E-state index >= 15 is 0 Å². The number of hydrogen-bond donors (Lipinski definition) is 2. The second-order valence-electron chi connectivity index (χ2n) is 4.49. The SMILES string of the molecule is Cc1ccc(C(=O)N[C@H](CO)C(C)C)c(Cl)c1. The van der Waals surface area contributed by atoms with Crippen molar-refractivity contribution in [3.63, 3.8) is 0 Å². The minimum absolute atomic E-state index is 0.0765. The summed E-state index contributed by atoms with van der Waals surface area (Å²) < 4.78 is 0. The zero-order valence-electron chi connectivity index (χ0n) is 10.3. The summed E-state index contributed by atoms with van der Waals surface area (Å²) in [5, 5.41) is 12.4. The van der Waals surface area contributed by atoms with Crippen molar-refractivity contribution in [2.45, 2.75) is 26.8 Å². The molecule has 4 heteroatoms. The first-order valence-electron chi connectivity index (χ1n) is 5.63. The second-order valence-corrected chi connectivity index (χ2v) is 4.90. The van der Waals surface area contributed by atoms with Crippen molar-refractivity contribution < 1.29 is 9.90 Å². The van der Waals surface area contributed by atoms with Crippen LogP contribution in [-0.2, 0) is 0 Å². The molecule has 1 aromatic carbocycles. The highest BCUT2D eigenvalue weighted by molar-refractivity contribution is 6.33. The molecule has 0 spiro atoms. The van der Waals surface area contributed by atoms with Crippen molar-refractivity contribution in [1.82, 2.24) is 5.32 Å². The molecule has 1 atom stereocenters. The third-order valence-corrected chi connectivity index (χ3v) is 3.00. The van der Waals surface area contributed by atoms with Gasteiger partial charge in [-0.05, 0) is 30.5 Å². The fourth-order valence-electron chi connectivity index (χ4n) is 1.47. The zero-order chi connectivity index (χ0) is 13.0. The van der Waals surface area contributed by atoms with Crippen molar-refractivity contribution in [3.8, 4) is 0 Å². The van der Waals surface area contributed by atoms with E-state index in [2.05, 4.69) is 5.32 Å². The molecule has 0 aliphatic carbocycles. The molecule has 1 amide bonds. The maximum atomic E-state index is 11.9. The first-order chi connectivity index (χ1) is 7.95. The van der Waals surface area contributed by atoms with Gasteiger partial charge in [0.15, 0.2) is 0 Å². The molecule has 0 aliphatic rings. The van der Waals surface area contributed by atoms with E-state index in [-0.39, 0.29) is 24.5 Å². The molecular formula is C13H18ClNO2. The molecule has 1 rings (SSSR count). The van der Waals surface area contributed by atoms with Crippen LogP contribution in [0.3, 0.4) is 0 Å². The largest absolute Gasteiger partial charge is 0.394 e. The van der Waals surface area contributed by atoms with Crippen molar-refractivity contribution >= 4 is 17.5 Å². The van der Waals surface area contributed by atoms with Crippen molar-refractivity contribution in [2.75, 3.05) is 6.61 Å². The average molecular weight is 256 g/mol. The van der Waals surface area contributed by atoms with Crippen molar-refractivity contribution in [2.24, 2.45) is 5.92 Å². The molecule has 1 aromatic rings. The highest BCUT2D eigenvalue weighted by Crippen LogP contribution is 2.17. The second kappa shape index (κ2) is 6.03. The Balaban J connectivity index is 2.82. The molecule has 3 nitrogen and oxygen atoms in total. The van der Waals surface area contributed by atoms with Crippen LogP contribution >= 0.6 is 11.6 Å². The third kappa shape index (κ3) is 3.72. The topological polar surface area (TPSA) is 49.3 Å². The molecule has 94 valence electrons. The van der Waals surface area contributed by atoms with E-state index in [1.54, 1.807) is 12.1 Å². The van der Waals surface area contributed by atoms with Gasteiger partial charge >= 0.3 is 0 Å². The van der Waals surface area contributed by atoms with Crippen LogP contribution in [-0.4, -0.2) is 23.7 Å². The van der Waals surface area contributed by atoms with Gasteiger partial charge in [-0.25, -0.2) is 0 Å². The molecule has 0 unspecified atom stereocenters. The van der Waals surface area contributed by atoms with Gasteiger partial charge in [0.05, 0.1) is 23.2 Å². The molecular weight excluding hydrogens is 238 g/mol. The van der Waals surface area contributed by atoms with Crippen LogP contribution in [0, 0.1) is 12.8 Å². The summed E-state index contributed by atoms with van der Waals surface area (Å²) in [6, 6.07) is 5.03. The summed E-state index contributed by atoms with van der Waals surface area (Å²) in [7, 11) is 0. The smallest absolute Gasteiger partial charge is 0.253 e.